The van der Waals surface area contributed by atoms with E-state index in [0.717, 1.165) is 28.5 Å². The molecule has 3 rings (SSSR count). The zero-order valence-electron chi connectivity index (χ0n) is 18.2. The Morgan fingerprint density at radius 2 is 1.61 bits per heavy atom. The van der Waals surface area contributed by atoms with Crippen molar-refractivity contribution < 1.29 is 4.79 Å². The van der Waals surface area contributed by atoms with Crippen molar-refractivity contribution in [2.45, 2.75) is 62.6 Å². The third-order valence-electron chi connectivity index (χ3n) is 5.17. The summed E-state index contributed by atoms with van der Waals surface area (Å²) in [5.41, 5.74) is 3.88. The molecule has 2 heterocycles. The van der Waals surface area contributed by atoms with Crippen LogP contribution in [-0.4, -0.2) is 15.9 Å². The number of nitrogens with zero attached hydrogens (tertiary/aromatic N) is 2. The SMILES string of the molecule is CCCCCCCCc1ccc(NC(=O)c2cccnc2SCc2ccncc2)cc1. The van der Waals surface area contributed by atoms with E-state index in [1.807, 2.05) is 30.3 Å². The van der Waals surface area contributed by atoms with E-state index >= 15 is 0 Å². The number of aryl methyl sites for hydroxylation is 1. The number of hydrogen-bond donors (Lipinski definition) is 1. The Bertz CT molecular complexity index is 929. The molecule has 1 aromatic carbocycles. The molecule has 0 fully saturated rings. The first-order valence-electron chi connectivity index (χ1n) is 11.1. The summed E-state index contributed by atoms with van der Waals surface area (Å²) in [6.45, 7) is 2.25. The van der Waals surface area contributed by atoms with Crippen molar-refractivity contribution in [3.8, 4) is 0 Å². The normalized spacial score (nSPS) is 10.7. The molecule has 0 saturated carbocycles. The third-order valence-corrected chi connectivity index (χ3v) is 6.25. The maximum absolute atomic E-state index is 12.9. The van der Waals surface area contributed by atoms with Gasteiger partial charge in [-0.2, -0.15) is 0 Å². The molecule has 5 heteroatoms. The monoisotopic (exact) mass is 433 g/mol. The highest BCUT2D eigenvalue weighted by atomic mass is 32.2. The van der Waals surface area contributed by atoms with E-state index < -0.39 is 0 Å². The predicted molar refractivity (Wildman–Crippen MR) is 130 cm³/mol. The second kappa shape index (κ2) is 12.9. The molecular formula is C26H31N3OS. The third kappa shape index (κ3) is 7.83. The molecule has 0 radical (unpaired) electrons. The van der Waals surface area contributed by atoms with Gasteiger partial charge in [0.1, 0.15) is 5.03 Å². The van der Waals surface area contributed by atoms with Gasteiger partial charge in [-0.25, -0.2) is 4.98 Å². The summed E-state index contributed by atoms with van der Waals surface area (Å²) < 4.78 is 0. The van der Waals surface area contributed by atoms with Crippen molar-refractivity contribution in [2.24, 2.45) is 0 Å². The Labute approximate surface area is 189 Å². The molecule has 1 amide bonds. The van der Waals surface area contributed by atoms with Gasteiger partial charge in [0.25, 0.3) is 5.91 Å². The molecule has 0 aliphatic rings. The quantitative estimate of drug-likeness (QED) is 0.249. The number of anilines is 1. The number of nitrogens with one attached hydrogen (secondary N) is 1. The first kappa shape index (κ1) is 23.0. The molecule has 4 nitrogen and oxygen atoms in total. The van der Waals surface area contributed by atoms with Gasteiger partial charge in [-0.15, -0.1) is 11.8 Å². The summed E-state index contributed by atoms with van der Waals surface area (Å²) in [6.07, 6.45) is 14.2. The number of pyridine rings is 2. The minimum atomic E-state index is -0.131. The minimum absolute atomic E-state index is 0.131. The molecule has 31 heavy (non-hydrogen) atoms. The van der Waals surface area contributed by atoms with Gasteiger partial charge in [-0.1, -0.05) is 51.2 Å². The molecule has 0 saturated heterocycles. The molecule has 0 atom stereocenters. The fourth-order valence-corrected chi connectivity index (χ4v) is 4.32. The topological polar surface area (TPSA) is 54.9 Å². The van der Waals surface area contributed by atoms with Crippen LogP contribution >= 0.6 is 11.8 Å². The number of rotatable bonds is 12. The van der Waals surface area contributed by atoms with Gasteiger partial charge in [-0.05, 0) is 60.4 Å². The number of amides is 1. The van der Waals surface area contributed by atoms with E-state index in [0.29, 0.717) is 5.56 Å². The minimum Gasteiger partial charge on any atom is -0.322 e. The Kier molecular flexibility index (Phi) is 9.58. The Morgan fingerprint density at radius 3 is 2.39 bits per heavy atom. The number of carbonyl (C=O) groups is 1. The Morgan fingerprint density at radius 1 is 0.871 bits per heavy atom. The average Bonchev–Trinajstić information content (AvgIpc) is 2.82. The highest BCUT2D eigenvalue weighted by Crippen LogP contribution is 2.25. The molecule has 0 aliphatic heterocycles. The summed E-state index contributed by atoms with van der Waals surface area (Å²) in [5, 5.41) is 3.75. The van der Waals surface area contributed by atoms with E-state index in [-0.39, 0.29) is 5.91 Å². The number of aromatic nitrogens is 2. The largest absolute Gasteiger partial charge is 0.322 e. The lowest BCUT2D eigenvalue weighted by Gasteiger charge is -2.10. The standard InChI is InChI=1S/C26H31N3OS/c1-2-3-4-5-6-7-9-21-11-13-23(14-12-21)29-25(30)24-10-8-17-28-26(24)31-20-22-15-18-27-19-16-22/h8,10-19H,2-7,9,20H2,1H3,(H,29,30). The molecule has 0 unspecified atom stereocenters. The van der Waals surface area contributed by atoms with Crippen LogP contribution < -0.4 is 5.32 Å². The summed E-state index contributed by atoms with van der Waals surface area (Å²) >= 11 is 1.56. The van der Waals surface area contributed by atoms with Crippen LogP contribution in [0.25, 0.3) is 0 Å². The summed E-state index contributed by atoms with van der Waals surface area (Å²) in [4.78, 5) is 21.3. The summed E-state index contributed by atoms with van der Waals surface area (Å²) in [5.74, 6) is 0.612. The zero-order valence-corrected chi connectivity index (χ0v) is 19.0. The van der Waals surface area contributed by atoms with Gasteiger partial charge in [0, 0.05) is 30.0 Å². The Hall–Kier alpha value is -2.66. The number of thioether (sulfide) groups is 1. The maximum Gasteiger partial charge on any atom is 0.258 e. The fraction of sp³-hybridized carbons (Fsp3) is 0.346. The van der Waals surface area contributed by atoms with Crippen molar-refractivity contribution in [3.05, 3.63) is 83.8 Å². The lowest BCUT2D eigenvalue weighted by atomic mass is 10.0. The van der Waals surface area contributed by atoms with E-state index in [1.54, 1.807) is 36.4 Å². The van der Waals surface area contributed by atoms with Gasteiger partial charge in [0.2, 0.25) is 0 Å². The van der Waals surface area contributed by atoms with Crippen LogP contribution in [0.5, 0.6) is 0 Å². The highest BCUT2D eigenvalue weighted by Gasteiger charge is 2.13. The number of unbranched alkanes of at least 4 members (excludes halogenated alkanes) is 5. The number of benzene rings is 1. The molecule has 1 N–H and O–H groups in total. The van der Waals surface area contributed by atoms with E-state index in [9.17, 15) is 4.79 Å². The van der Waals surface area contributed by atoms with Crippen molar-refractivity contribution in [1.82, 2.24) is 9.97 Å². The van der Waals surface area contributed by atoms with Crippen molar-refractivity contribution in [3.63, 3.8) is 0 Å². The van der Waals surface area contributed by atoms with Crippen LogP contribution in [0.3, 0.4) is 0 Å². The van der Waals surface area contributed by atoms with Crippen molar-refractivity contribution in [2.75, 3.05) is 5.32 Å². The van der Waals surface area contributed by atoms with Crippen LogP contribution in [0, 0.1) is 0 Å². The van der Waals surface area contributed by atoms with Gasteiger partial charge in [0.05, 0.1) is 5.56 Å². The molecule has 3 aromatic rings. The van der Waals surface area contributed by atoms with Crippen molar-refractivity contribution >= 4 is 23.4 Å². The van der Waals surface area contributed by atoms with Gasteiger partial charge in [0.15, 0.2) is 0 Å². The smallest absolute Gasteiger partial charge is 0.258 e. The fourth-order valence-electron chi connectivity index (χ4n) is 3.37. The van der Waals surface area contributed by atoms with E-state index in [4.69, 9.17) is 0 Å². The summed E-state index contributed by atoms with van der Waals surface area (Å²) in [6, 6.07) is 15.8. The second-order valence-electron chi connectivity index (χ2n) is 7.67. The first-order valence-corrected chi connectivity index (χ1v) is 12.1. The van der Waals surface area contributed by atoms with Crippen LogP contribution in [0.15, 0.2) is 72.1 Å². The molecule has 162 valence electrons. The second-order valence-corrected chi connectivity index (χ2v) is 8.63. The lowest BCUT2D eigenvalue weighted by molar-refractivity contribution is 0.102. The molecular weight excluding hydrogens is 402 g/mol. The van der Waals surface area contributed by atoms with Crippen LogP contribution in [0.4, 0.5) is 5.69 Å². The Balaban J connectivity index is 1.52. The van der Waals surface area contributed by atoms with E-state index in [2.05, 4.69) is 34.3 Å². The first-order chi connectivity index (χ1) is 15.3. The highest BCUT2D eigenvalue weighted by molar-refractivity contribution is 7.98. The van der Waals surface area contributed by atoms with E-state index in [1.165, 1.54) is 44.1 Å². The van der Waals surface area contributed by atoms with Gasteiger partial charge >= 0.3 is 0 Å². The maximum atomic E-state index is 12.9. The van der Waals surface area contributed by atoms with Crippen LogP contribution in [0.2, 0.25) is 0 Å². The molecule has 0 spiro atoms. The van der Waals surface area contributed by atoms with Gasteiger partial charge in [-0.3, -0.25) is 9.78 Å². The van der Waals surface area contributed by atoms with Crippen molar-refractivity contribution in [1.29, 1.82) is 0 Å². The number of carbonyl (C=O) groups excluding carboxylic acids is 1. The lowest BCUT2D eigenvalue weighted by Crippen LogP contribution is -2.13. The predicted octanol–water partition coefficient (Wildman–Crippen LogP) is 6.92. The van der Waals surface area contributed by atoms with Gasteiger partial charge < -0.3 is 5.32 Å². The zero-order chi connectivity index (χ0) is 21.7. The molecule has 0 bridgehead atoms. The number of hydrogen-bond acceptors (Lipinski definition) is 4. The summed E-state index contributed by atoms with van der Waals surface area (Å²) in [7, 11) is 0. The van der Waals surface area contributed by atoms with Crippen LogP contribution in [0.1, 0.15) is 66.9 Å². The average molecular weight is 434 g/mol. The van der Waals surface area contributed by atoms with Crippen LogP contribution in [-0.2, 0) is 12.2 Å². The molecule has 2 aromatic heterocycles. The molecule has 0 aliphatic carbocycles.